The van der Waals surface area contributed by atoms with Crippen molar-refractivity contribution in [2.24, 2.45) is 5.92 Å². The third kappa shape index (κ3) is 5.41. The van der Waals surface area contributed by atoms with Crippen LogP contribution < -0.4 is 0 Å². The molecule has 1 saturated heterocycles. The van der Waals surface area contributed by atoms with Gasteiger partial charge in [0.2, 0.25) is 0 Å². The summed E-state index contributed by atoms with van der Waals surface area (Å²) in [6, 6.07) is 8.79. The molecule has 1 aromatic carbocycles. The van der Waals surface area contributed by atoms with E-state index in [9.17, 15) is 9.59 Å². The van der Waals surface area contributed by atoms with Crippen LogP contribution >= 0.6 is 11.8 Å². The standard InChI is InChI=1S/C18H20N2O4S/c1-12(20)15(9-19)16(21)10-24-18(22)14-6-2-3-7-17(14)25-11-13-5-4-8-23-13/h2-3,6-7,13,15,20H,4-5,8,10-11H2,1H3/t13-,15?/m1/s1. The van der Waals surface area contributed by atoms with Crippen molar-refractivity contribution >= 4 is 29.2 Å². The predicted molar refractivity (Wildman–Crippen MR) is 93.9 cm³/mol. The smallest absolute Gasteiger partial charge is 0.339 e. The molecule has 0 saturated carbocycles. The van der Waals surface area contributed by atoms with Gasteiger partial charge in [0.15, 0.2) is 12.4 Å². The number of nitrogens with one attached hydrogen (secondary N) is 1. The predicted octanol–water partition coefficient (Wildman–Crippen LogP) is 2.86. The minimum atomic E-state index is -1.17. The molecule has 0 spiro atoms. The number of nitrogens with zero attached hydrogens (tertiary/aromatic N) is 1. The molecule has 1 aliphatic rings. The minimum Gasteiger partial charge on any atom is -0.454 e. The number of Topliss-reactive ketones (excluding diaryl/α,β-unsaturated/α-hetero) is 1. The summed E-state index contributed by atoms with van der Waals surface area (Å²) < 4.78 is 10.6. The maximum absolute atomic E-state index is 12.3. The Bertz CT molecular complexity index is 693. The van der Waals surface area contributed by atoms with Crippen LogP contribution in [0.2, 0.25) is 0 Å². The maximum Gasteiger partial charge on any atom is 0.339 e. The Balaban J connectivity index is 1.95. The average molecular weight is 360 g/mol. The average Bonchev–Trinajstić information content (AvgIpc) is 3.12. The monoisotopic (exact) mass is 360 g/mol. The lowest BCUT2D eigenvalue weighted by molar-refractivity contribution is -0.122. The molecule has 1 unspecified atom stereocenters. The van der Waals surface area contributed by atoms with Gasteiger partial charge in [-0.15, -0.1) is 11.8 Å². The number of benzene rings is 1. The van der Waals surface area contributed by atoms with Gasteiger partial charge < -0.3 is 14.9 Å². The van der Waals surface area contributed by atoms with E-state index in [0.29, 0.717) is 5.56 Å². The second-order valence-corrected chi connectivity index (χ2v) is 6.79. The van der Waals surface area contributed by atoms with Crippen LogP contribution in [0.3, 0.4) is 0 Å². The zero-order chi connectivity index (χ0) is 18.2. The van der Waals surface area contributed by atoms with Gasteiger partial charge in [0, 0.05) is 23.0 Å². The number of hydrogen-bond acceptors (Lipinski definition) is 7. The Kier molecular flexibility index (Phi) is 7.16. The molecule has 0 amide bonds. The first-order valence-corrected chi connectivity index (χ1v) is 8.99. The summed E-state index contributed by atoms with van der Waals surface area (Å²) in [5.74, 6) is -1.61. The molecule has 0 aromatic heterocycles. The lowest BCUT2D eigenvalue weighted by atomic mass is 10.0. The summed E-state index contributed by atoms with van der Waals surface area (Å²) in [6.07, 6.45) is 2.28. The SMILES string of the molecule is CC(=N)C(C#N)C(=O)COC(=O)c1ccccc1SC[C@H]1CCCO1. The van der Waals surface area contributed by atoms with Crippen molar-refractivity contribution in [2.75, 3.05) is 19.0 Å². The van der Waals surface area contributed by atoms with Gasteiger partial charge in [0.25, 0.3) is 0 Å². The van der Waals surface area contributed by atoms with Crippen molar-refractivity contribution in [3.63, 3.8) is 0 Å². The molecular formula is C18H20N2O4S. The summed E-state index contributed by atoms with van der Waals surface area (Å²) in [4.78, 5) is 24.9. The van der Waals surface area contributed by atoms with Crippen molar-refractivity contribution < 1.29 is 19.1 Å². The van der Waals surface area contributed by atoms with E-state index in [4.69, 9.17) is 20.1 Å². The molecule has 2 atom stereocenters. The normalized spacial score (nSPS) is 17.5. The molecule has 7 heteroatoms. The van der Waals surface area contributed by atoms with Crippen molar-refractivity contribution in [1.82, 2.24) is 0 Å². The zero-order valence-electron chi connectivity index (χ0n) is 14.0. The largest absolute Gasteiger partial charge is 0.454 e. The van der Waals surface area contributed by atoms with E-state index in [1.165, 1.54) is 18.7 Å². The number of thioether (sulfide) groups is 1. The highest BCUT2D eigenvalue weighted by molar-refractivity contribution is 7.99. The third-order valence-corrected chi connectivity index (χ3v) is 4.99. The van der Waals surface area contributed by atoms with Gasteiger partial charge in [-0.25, -0.2) is 4.79 Å². The number of ether oxygens (including phenoxy) is 2. The third-order valence-electron chi connectivity index (χ3n) is 3.79. The van der Waals surface area contributed by atoms with Crippen LogP contribution in [0.15, 0.2) is 29.2 Å². The van der Waals surface area contributed by atoms with E-state index in [2.05, 4.69) is 0 Å². The molecule has 0 bridgehead atoms. The van der Waals surface area contributed by atoms with Crippen molar-refractivity contribution in [1.29, 1.82) is 10.7 Å². The van der Waals surface area contributed by atoms with Crippen molar-refractivity contribution in [3.8, 4) is 6.07 Å². The molecule has 1 fully saturated rings. The van der Waals surface area contributed by atoms with E-state index >= 15 is 0 Å². The van der Waals surface area contributed by atoms with Gasteiger partial charge in [0.05, 0.1) is 17.7 Å². The molecule has 1 aromatic rings. The molecule has 0 radical (unpaired) electrons. The van der Waals surface area contributed by atoms with Gasteiger partial charge in [-0.3, -0.25) is 4.79 Å². The molecule has 2 rings (SSSR count). The minimum absolute atomic E-state index is 0.0592. The lowest BCUT2D eigenvalue weighted by Crippen LogP contribution is -2.25. The second-order valence-electron chi connectivity index (χ2n) is 5.73. The lowest BCUT2D eigenvalue weighted by Gasteiger charge is -2.12. The van der Waals surface area contributed by atoms with E-state index in [1.807, 2.05) is 12.1 Å². The number of esters is 1. The number of nitriles is 1. The summed E-state index contributed by atoms with van der Waals surface area (Å²) >= 11 is 1.53. The highest BCUT2D eigenvalue weighted by Gasteiger charge is 2.23. The fourth-order valence-electron chi connectivity index (χ4n) is 2.43. The van der Waals surface area contributed by atoms with Crippen LogP contribution in [0.25, 0.3) is 0 Å². The molecule has 6 nitrogen and oxygen atoms in total. The van der Waals surface area contributed by atoms with E-state index in [1.54, 1.807) is 18.2 Å². The van der Waals surface area contributed by atoms with Crippen LogP contribution in [0.5, 0.6) is 0 Å². The van der Waals surface area contributed by atoms with Crippen molar-refractivity contribution in [2.45, 2.75) is 30.8 Å². The summed E-state index contributed by atoms with van der Waals surface area (Å²) in [5, 5.41) is 16.3. The van der Waals surface area contributed by atoms with Crippen LogP contribution in [0.4, 0.5) is 0 Å². The van der Waals surface area contributed by atoms with Crippen LogP contribution in [-0.2, 0) is 14.3 Å². The first-order valence-electron chi connectivity index (χ1n) is 8.01. The molecule has 25 heavy (non-hydrogen) atoms. The number of carbonyl (C=O) groups is 2. The van der Waals surface area contributed by atoms with Gasteiger partial charge >= 0.3 is 5.97 Å². The highest BCUT2D eigenvalue weighted by Crippen LogP contribution is 2.27. The first-order chi connectivity index (χ1) is 12.0. The maximum atomic E-state index is 12.3. The molecule has 1 heterocycles. The first kappa shape index (κ1) is 19.2. The fourth-order valence-corrected chi connectivity index (χ4v) is 3.54. The van der Waals surface area contributed by atoms with Crippen LogP contribution in [0, 0.1) is 22.7 Å². The van der Waals surface area contributed by atoms with E-state index in [-0.39, 0.29) is 11.8 Å². The topological polar surface area (TPSA) is 100 Å². The van der Waals surface area contributed by atoms with Crippen LogP contribution in [0.1, 0.15) is 30.1 Å². The molecule has 1 aliphatic heterocycles. The highest BCUT2D eigenvalue weighted by atomic mass is 32.2. The molecule has 0 aliphatic carbocycles. The Morgan fingerprint density at radius 2 is 2.24 bits per heavy atom. The van der Waals surface area contributed by atoms with Gasteiger partial charge in [0.1, 0.15) is 5.92 Å². The Hall–Kier alpha value is -2.17. The Morgan fingerprint density at radius 1 is 1.48 bits per heavy atom. The number of carbonyl (C=O) groups excluding carboxylic acids is 2. The Labute approximate surface area is 151 Å². The molecule has 132 valence electrons. The summed E-state index contributed by atoms with van der Waals surface area (Å²) in [6.45, 7) is 1.65. The van der Waals surface area contributed by atoms with Crippen LogP contribution in [-0.4, -0.2) is 42.5 Å². The van der Waals surface area contributed by atoms with E-state index in [0.717, 1.165) is 30.1 Å². The number of hydrogen-bond donors (Lipinski definition) is 1. The van der Waals surface area contributed by atoms with Gasteiger partial charge in [-0.1, -0.05) is 12.1 Å². The molecule has 1 N–H and O–H groups in total. The second kappa shape index (κ2) is 9.35. The number of ketones is 1. The zero-order valence-corrected chi connectivity index (χ0v) is 14.8. The van der Waals surface area contributed by atoms with Gasteiger partial charge in [-0.05, 0) is 31.9 Å². The molecular weight excluding hydrogens is 340 g/mol. The fraction of sp³-hybridized carbons (Fsp3) is 0.444. The Morgan fingerprint density at radius 3 is 2.88 bits per heavy atom. The van der Waals surface area contributed by atoms with E-state index < -0.39 is 24.3 Å². The van der Waals surface area contributed by atoms with Gasteiger partial charge in [-0.2, -0.15) is 5.26 Å². The summed E-state index contributed by atoms with van der Waals surface area (Å²) in [7, 11) is 0. The van der Waals surface area contributed by atoms with Crippen molar-refractivity contribution in [3.05, 3.63) is 29.8 Å². The number of rotatable bonds is 8. The summed E-state index contributed by atoms with van der Waals surface area (Å²) in [5.41, 5.74) is 0.328. The quantitative estimate of drug-likeness (QED) is 0.435.